The molecule has 3 amide bonds. The fourth-order valence-corrected chi connectivity index (χ4v) is 4.95. The lowest BCUT2D eigenvalue weighted by Crippen LogP contribution is -2.40. The first-order chi connectivity index (χ1) is 22.5. The molecule has 0 unspecified atom stereocenters. The molecule has 0 saturated carbocycles. The molecule has 2 aromatic carbocycles. The van der Waals surface area contributed by atoms with Crippen LogP contribution in [0.5, 0.6) is 0 Å². The number of H-pyrrole nitrogens is 2. The predicted molar refractivity (Wildman–Crippen MR) is 180 cm³/mol. The van der Waals surface area contributed by atoms with Crippen LogP contribution in [0.25, 0.3) is 33.6 Å². The number of rotatable bonds is 13. The average Bonchev–Trinajstić information content (AvgIpc) is 3.72. The molecular formula is C35H45N7O5. The minimum absolute atomic E-state index is 0.140. The van der Waals surface area contributed by atoms with Gasteiger partial charge in [0.2, 0.25) is 5.91 Å². The van der Waals surface area contributed by atoms with Crippen LogP contribution in [0.2, 0.25) is 0 Å². The summed E-state index contributed by atoms with van der Waals surface area (Å²) in [7, 11) is 1.26. The standard InChI is InChI=1S/C35H45N7O5/c1-7-17-41(32(43)21-38-33(44)46-6)22-30-36-19-28(39-30)26-13-9-24(10-14-26)25-11-15-27(16-12-25)29-20-37-31(40-29)23-42(18-8-2)34(45)47-35(3,4)5/h9-16,19-20H,7-8,17-18,21-23H2,1-6H3,(H,36,39)(H,37,40)(H,38,44). The highest BCUT2D eigenvalue weighted by molar-refractivity contribution is 5.82. The van der Waals surface area contributed by atoms with Crippen molar-refractivity contribution in [1.29, 1.82) is 0 Å². The fraction of sp³-hybridized carbons (Fsp3) is 0.400. The smallest absolute Gasteiger partial charge is 0.410 e. The van der Waals surface area contributed by atoms with Gasteiger partial charge in [0.05, 0.1) is 44.0 Å². The number of carbonyl (C=O) groups is 3. The molecule has 0 aliphatic rings. The van der Waals surface area contributed by atoms with Gasteiger partial charge in [0.15, 0.2) is 0 Å². The van der Waals surface area contributed by atoms with E-state index in [1.807, 2.05) is 58.9 Å². The molecule has 0 bridgehead atoms. The van der Waals surface area contributed by atoms with Gasteiger partial charge in [-0.25, -0.2) is 19.6 Å². The molecule has 0 atom stereocenters. The van der Waals surface area contributed by atoms with Gasteiger partial charge in [0, 0.05) is 13.1 Å². The van der Waals surface area contributed by atoms with Crippen LogP contribution in [0.1, 0.15) is 59.1 Å². The van der Waals surface area contributed by atoms with E-state index in [9.17, 15) is 14.4 Å². The molecule has 0 aliphatic carbocycles. The van der Waals surface area contributed by atoms with E-state index in [0.717, 1.165) is 46.5 Å². The van der Waals surface area contributed by atoms with Gasteiger partial charge in [-0.2, -0.15) is 0 Å². The summed E-state index contributed by atoms with van der Waals surface area (Å²) in [5, 5.41) is 2.43. The molecule has 0 saturated heterocycles. The summed E-state index contributed by atoms with van der Waals surface area (Å²) in [5.41, 5.74) is 5.25. The highest BCUT2D eigenvalue weighted by atomic mass is 16.6. The zero-order valence-corrected chi connectivity index (χ0v) is 28.1. The zero-order chi connectivity index (χ0) is 34.0. The fourth-order valence-electron chi connectivity index (χ4n) is 4.95. The maximum atomic E-state index is 12.7. The molecule has 47 heavy (non-hydrogen) atoms. The van der Waals surface area contributed by atoms with E-state index in [4.69, 9.17) is 4.74 Å². The SMILES string of the molecule is CCCN(Cc1ncc(-c2ccc(-c3ccc(-c4cnc(CN(CCC)C(=O)OC(C)(C)C)[nH]4)cc3)cc2)[nH]1)C(=O)CNC(=O)OC. The summed E-state index contributed by atoms with van der Waals surface area (Å²) in [6.07, 6.45) is 4.14. The van der Waals surface area contributed by atoms with Crippen molar-refractivity contribution < 1.29 is 23.9 Å². The van der Waals surface area contributed by atoms with Crippen molar-refractivity contribution in [3.8, 4) is 33.6 Å². The first-order valence-electron chi connectivity index (χ1n) is 15.9. The van der Waals surface area contributed by atoms with Crippen LogP contribution in [0.4, 0.5) is 9.59 Å². The van der Waals surface area contributed by atoms with Crippen LogP contribution in [-0.2, 0) is 27.4 Å². The summed E-state index contributed by atoms with van der Waals surface area (Å²) < 4.78 is 10.1. The third-order valence-electron chi connectivity index (χ3n) is 7.22. The predicted octanol–water partition coefficient (Wildman–Crippen LogP) is 6.38. The Balaban J connectivity index is 1.38. The van der Waals surface area contributed by atoms with E-state index in [2.05, 4.69) is 54.3 Å². The van der Waals surface area contributed by atoms with Gasteiger partial charge in [0.25, 0.3) is 0 Å². The van der Waals surface area contributed by atoms with Crippen molar-refractivity contribution in [3.63, 3.8) is 0 Å². The first kappa shape index (κ1) is 34.7. The Morgan fingerprint density at radius 1 is 0.745 bits per heavy atom. The second-order valence-electron chi connectivity index (χ2n) is 12.2. The lowest BCUT2D eigenvalue weighted by molar-refractivity contribution is -0.130. The molecule has 4 rings (SSSR count). The Bertz CT molecular complexity index is 1620. The summed E-state index contributed by atoms with van der Waals surface area (Å²) in [6.45, 7) is 11.2. The van der Waals surface area contributed by atoms with Gasteiger partial charge in [0.1, 0.15) is 23.8 Å². The minimum Gasteiger partial charge on any atom is -0.453 e. The van der Waals surface area contributed by atoms with Crippen molar-refractivity contribution in [3.05, 3.63) is 72.6 Å². The molecule has 2 heterocycles. The van der Waals surface area contributed by atoms with Crippen LogP contribution in [0.3, 0.4) is 0 Å². The van der Waals surface area contributed by atoms with Crippen molar-refractivity contribution in [2.24, 2.45) is 0 Å². The number of ether oxygens (including phenoxy) is 2. The van der Waals surface area contributed by atoms with Gasteiger partial charge < -0.3 is 34.6 Å². The van der Waals surface area contributed by atoms with E-state index in [-0.39, 0.29) is 18.5 Å². The highest BCUT2D eigenvalue weighted by Gasteiger charge is 2.23. The summed E-state index contributed by atoms with van der Waals surface area (Å²) in [4.78, 5) is 55.6. The number of nitrogens with zero attached hydrogens (tertiary/aromatic N) is 4. The number of aromatic amines is 2. The second-order valence-corrected chi connectivity index (χ2v) is 12.2. The molecule has 2 aromatic heterocycles. The molecule has 12 nitrogen and oxygen atoms in total. The van der Waals surface area contributed by atoms with Crippen LogP contribution >= 0.6 is 0 Å². The van der Waals surface area contributed by atoms with E-state index >= 15 is 0 Å². The molecule has 0 radical (unpaired) electrons. The van der Waals surface area contributed by atoms with Crippen molar-refractivity contribution in [2.45, 2.75) is 66.2 Å². The monoisotopic (exact) mass is 643 g/mol. The third kappa shape index (κ3) is 9.93. The number of hydrogen-bond donors (Lipinski definition) is 3. The summed E-state index contributed by atoms with van der Waals surface area (Å²) in [5.74, 6) is 1.14. The number of alkyl carbamates (subject to hydrolysis) is 1. The molecule has 12 heteroatoms. The molecule has 0 fully saturated rings. The van der Waals surface area contributed by atoms with E-state index in [0.29, 0.717) is 37.8 Å². The quantitative estimate of drug-likeness (QED) is 0.153. The number of nitrogens with one attached hydrogen (secondary N) is 3. The van der Waals surface area contributed by atoms with Crippen LogP contribution in [0.15, 0.2) is 60.9 Å². The molecular weight excluding hydrogens is 598 g/mol. The van der Waals surface area contributed by atoms with Crippen molar-refractivity contribution in [2.75, 3.05) is 26.7 Å². The van der Waals surface area contributed by atoms with E-state index < -0.39 is 11.7 Å². The average molecular weight is 644 g/mol. The van der Waals surface area contributed by atoms with Gasteiger partial charge in [-0.15, -0.1) is 0 Å². The molecule has 250 valence electrons. The lowest BCUT2D eigenvalue weighted by atomic mass is 10.0. The highest BCUT2D eigenvalue weighted by Crippen LogP contribution is 2.27. The first-order valence-corrected chi connectivity index (χ1v) is 15.9. The topological polar surface area (TPSA) is 146 Å². The number of imidazole rings is 2. The number of amides is 3. The second kappa shape index (κ2) is 15.9. The van der Waals surface area contributed by atoms with Crippen LogP contribution in [-0.4, -0.2) is 80.2 Å². The molecule has 4 aromatic rings. The van der Waals surface area contributed by atoms with E-state index in [1.54, 1.807) is 22.2 Å². The lowest BCUT2D eigenvalue weighted by Gasteiger charge is -2.26. The Kier molecular flexibility index (Phi) is 11.8. The third-order valence-corrected chi connectivity index (χ3v) is 7.22. The van der Waals surface area contributed by atoms with Crippen molar-refractivity contribution in [1.82, 2.24) is 35.1 Å². The van der Waals surface area contributed by atoms with Crippen LogP contribution in [0, 0.1) is 0 Å². The number of carbonyl (C=O) groups excluding carboxylic acids is 3. The normalized spacial score (nSPS) is 11.2. The van der Waals surface area contributed by atoms with Gasteiger partial charge in [-0.3, -0.25) is 4.79 Å². The maximum Gasteiger partial charge on any atom is 0.410 e. The summed E-state index contributed by atoms with van der Waals surface area (Å²) >= 11 is 0. The number of aromatic nitrogens is 4. The van der Waals surface area contributed by atoms with Gasteiger partial charge in [-0.05, 0) is 55.9 Å². The molecule has 0 spiro atoms. The van der Waals surface area contributed by atoms with Gasteiger partial charge in [-0.1, -0.05) is 62.4 Å². The maximum absolute atomic E-state index is 12.7. The Morgan fingerprint density at radius 3 is 1.64 bits per heavy atom. The number of hydrogen-bond acceptors (Lipinski definition) is 7. The summed E-state index contributed by atoms with van der Waals surface area (Å²) in [6, 6.07) is 16.4. The Labute approximate surface area is 275 Å². The number of methoxy groups -OCH3 is 1. The zero-order valence-electron chi connectivity index (χ0n) is 28.1. The number of benzene rings is 2. The van der Waals surface area contributed by atoms with Crippen molar-refractivity contribution >= 4 is 18.1 Å². The Morgan fingerprint density at radius 2 is 1.19 bits per heavy atom. The molecule has 3 N–H and O–H groups in total. The van der Waals surface area contributed by atoms with Gasteiger partial charge >= 0.3 is 12.2 Å². The minimum atomic E-state index is -0.645. The van der Waals surface area contributed by atoms with E-state index in [1.165, 1.54) is 7.11 Å². The molecule has 0 aliphatic heterocycles. The van der Waals surface area contributed by atoms with Crippen LogP contribution < -0.4 is 5.32 Å². The Hall–Kier alpha value is -5.13. The largest absolute Gasteiger partial charge is 0.453 e.